The Balaban J connectivity index is 2.09. The number of carbonyl (C=O) groups excluding carboxylic acids is 2. The maximum Gasteiger partial charge on any atom is 0.410 e. The van der Waals surface area contributed by atoms with Gasteiger partial charge in [0.1, 0.15) is 17.9 Å². The first kappa shape index (κ1) is 15.0. The van der Waals surface area contributed by atoms with E-state index in [1.54, 1.807) is 39.2 Å². The third kappa shape index (κ3) is 3.56. The number of aromatic nitrogens is 1. The molecule has 0 aromatic carbocycles. The molecule has 1 aliphatic carbocycles. The van der Waals surface area contributed by atoms with E-state index >= 15 is 0 Å². The normalized spacial score (nSPS) is 16.6. The van der Waals surface area contributed by atoms with Gasteiger partial charge in [-0.3, -0.25) is 4.90 Å². The minimum absolute atomic E-state index is 0.518. The van der Waals surface area contributed by atoms with E-state index < -0.39 is 17.7 Å². The van der Waals surface area contributed by atoms with Crippen LogP contribution in [0, 0.1) is 0 Å². The second kappa shape index (κ2) is 5.52. The molecule has 20 heavy (non-hydrogen) atoms. The molecule has 1 fully saturated rings. The van der Waals surface area contributed by atoms with Gasteiger partial charge in [-0.1, -0.05) is 0 Å². The van der Waals surface area contributed by atoms with Gasteiger partial charge in [0, 0.05) is 18.3 Å². The molecule has 0 radical (unpaired) electrons. The minimum Gasteiger partial charge on any atom is -0.444 e. The molecule has 1 atom stereocenters. The summed E-state index contributed by atoms with van der Waals surface area (Å²) < 4.78 is 5.27. The molecule has 0 spiro atoms. The topological polar surface area (TPSA) is 59.5 Å². The molecular formula is C14H20N2O3S. The molecule has 110 valence electrons. The Morgan fingerprint density at radius 3 is 2.70 bits per heavy atom. The van der Waals surface area contributed by atoms with E-state index in [4.69, 9.17) is 4.74 Å². The Labute approximate surface area is 122 Å². The van der Waals surface area contributed by atoms with Crippen LogP contribution in [0.5, 0.6) is 0 Å². The number of aldehydes is 1. The smallest absolute Gasteiger partial charge is 0.410 e. The third-order valence-corrected chi connectivity index (χ3v) is 4.02. The van der Waals surface area contributed by atoms with Crippen molar-refractivity contribution in [2.45, 2.75) is 51.2 Å². The first-order valence-corrected chi connectivity index (χ1v) is 7.56. The van der Waals surface area contributed by atoms with Crippen molar-refractivity contribution in [2.75, 3.05) is 7.05 Å². The molecule has 1 aromatic rings. The fraction of sp³-hybridized carbons (Fsp3) is 0.643. The Kier molecular flexibility index (Phi) is 4.13. The summed E-state index contributed by atoms with van der Waals surface area (Å²) in [6, 6.07) is -0.686. The zero-order chi connectivity index (χ0) is 14.9. The zero-order valence-electron chi connectivity index (χ0n) is 12.3. The van der Waals surface area contributed by atoms with Crippen LogP contribution in [0.4, 0.5) is 4.79 Å². The third-order valence-electron chi connectivity index (χ3n) is 3.00. The average molecular weight is 296 g/mol. The second-order valence-electron chi connectivity index (χ2n) is 6.06. The molecule has 1 aliphatic rings. The van der Waals surface area contributed by atoms with Crippen molar-refractivity contribution in [1.29, 1.82) is 0 Å². The molecular weight excluding hydrogens is 276 g/mol. The average Bonchev–Trinajstić information content (AvgIpc) is 3.08. The number of hydrogen-bond donors (Lipinski definition) is 0. The summed E-state index contributed by atoms with van der Waals surface area (Å²) in [6.07, 6.45) is 2.55. The van der Waals surface area contributed by atoms with Gasteiger partial charge in [-0.2, -0.15) is 0 Å². The summed E-state index contributed by atoms with van der Waals surface area (Å²) in [5, 5.41) is 2.91. The highest BCUT2D eigenvalue weighted by atomic mass is 32.1. The van der Waals surface area contributed by atoms with Gasteiger partial charge in [0.25, 0.3) is 0 Å². The van der Waals surface area contributed by atoms with E-state index in [2.05, 4.69) is 4.98 Å². The largest absolute Gasteiger partial charge is 0.444 e. The Morgan fingerprint density at radius 2 is 2.20 bits per heavy atom. The molecule has 0 N–H and O–H groups in total. The molecule has 1 unspecified atom stereocenters. The van der Waals surface area contributed by atoms with Crippen molar-refractivity contribution in [3.8, 4) is 0 Å². The lowest BCUT2D eigenvalue weighted by molar-refractivity contribution is -0.112. The lowest BCUT2D eigenvalue weighted by atomic mass is 10.2. The maximum absolute atomic E-state index is 12.0. The number of carbonyl (C=O) groups is 2. The number of likely N-dealkylation sites (N-methyl/N-ethyl adjacent to an activating group) is 1. The molecule has 2 rings (SSSR count). The van der Waals surface area contributed by atoms with Crippen LogP contribution in [0.2, 0.25) is 0 Å². The van der Waals surface area contributed by atoms with Crippen LogP contribution in [-0.2, 0) is 9.53 Å². The first-order chi connectivity index (χ1) is 9.31. The lowest BCUT2D eigenvalue weighted by Crippen LogP contribution is -2.37. The summed E-state index contributed by atoms with van der Waals surface area (Å²) in [4.78, 5) is 29.1. The van der Waals surface area contributed by atoms with Crippen molar-refractivity contribution >= 4 is 23.7 Å². The predicted octanol–water partition coefficient (Wildman–Crippen LogP) is 3.13. The Hall–Kier alpha value is -1.43. The molecule has 5 nitrogen and oxygen atoms in total. The van der Waals surface area contributed by atoms with Crippen LogP contribution in [0.25, 0.3) is 0 Å². The molecule has 1 heterocycles. The van der Waals surface area contributed by atoms with Crippen LogP contribution in [0.15, 0.2) is 5.38 Å². The fourth-order valence-electron chi connectivity index (χ4n) is 1.76. The van der Waals surface area contributed by atoms with Crippen molar-refractivity contribution in [3.05, 3.63) is 16.1 Å². The van der Waals surface area contributed by atoms with Gasteiger partial charge < -0.3 is 9.53 Å². The van der Waals surface area contributed by atoms with Crippen molar-refractivity contribution < 1.29 is 14.3 Å². The van der Waals surface area contributed by atoms with Crippen molar-refractivity contribution in [1.82, 2.24) is 9.88 Å². The monoisotopic (exact) mass is 296 g/mol. The summed E-state index contributed by atoms with van der Waals surface area (Å²) in [5.74, 6) is 0.549. The van der Waals surface area contributed by atoms with E-state index in [0.29, 0.717) is 11.6 Å². The molecule has 0 bridgehead atoms. The number of nitrogens with zero attached hydrogens (tertiary/aromatic N) is 2. The van der Waals surface area contributed by atoms with Crippen LogP contribution < -0.4 is 0 Å². The van der Waals surface area contributed by atoms with Gasteiger partial charge in [-0.05, 0) is 33.6 Å². The molecule has 0 saturated heterocycles. The van der Waals surface area contributed by atoms with Gasteiger partial charge in [-0.25, -0.2) is 9.78 Å². The van der Waals surface area contributed by atoms with Gasteiger partial charge >= 0.3 is 6.09 Å². The summed E-state index contributed by atoms with van der Waals surface area (Å²) >= 11 is 1.56. The van der Waals surface area contributed by atoms with E-state index in [9.17, 15) is 9.59 Å². The van der Waals surface area contributed by atoms with E-state index in [1.165, 1.54) is 17.7 Å². The fourth-order valence-corrected chi connectivity index (χ4v) is 2.78. The summed E-state index contributed by atoms with van der Waals surface area (Å²) in [6.45, 7) is 5.38. The van der Waals surface area contributed by atoms with E-state index in [-0.39, 0.29) is 0 Å². The van der Waals surface area contributed by atoms with Gasteiger partial charge in [0.2, 0.25) is 0 Å². The van der Waals surface area contributed by atoms with Crippen molar-refractivity contribution in [3.63, 3.8) is 0 Å². The molecule has 1 aromatic heterocycles. The Morgan fingerprint density at radius 1 is 1.55 bits per heavy atom. The van der Waals surface area contributed by atoms with Crippen LogP contribution in [0.1, 0.15) is 56.3 Å². The maximum atomic E-state index is 12.0. The predicted molar refractivity (Wildman–Crippen MR) is 76.9 cm³/mol. The standard InChI is InChI=1S/C14H20N2O3S/c1-14(2,3)19-13(18)16(4)11(7-17)10-8-20-12(15-10)9-5-6-9/h7-9,11H,5-6H2,1-4H3. The molecule has 0 aliphatic heterocycles. The zero-order valence-corrected chi connectivity index (χ0v) is 13.1. The van der Waals surface area contributed by atoms with Crippen LogP contribution in [0.3, 0.4) is 0 Å². The second-order valence-corrected chi connectivity index (χ2v) is 6.95. The van der Waals surface area contributed by atoms with E-state index in [1.807, 2.05) is 5.38 Å². The quantitative estimate of drug-likeness (QED) is 0.801. The van der Waals surface area contributed by atoms with Gasteiger partial charge in [-0.15, -0.1) is 11.3 Å². The minimum atomic E-state index is -0.686. The highest BCUT2D eigenvalue weighted by molar-refractivity contribution is 7.09. The highest BCUT2D eigenvalue weighted by Gasteiger charge is 2.31. The number of amides is 1. The SMILES string of the molecule is CN(C(=O)OC(C)(C)C)C(C=O)c1csc(C2CC2)n1. The van der Waals surface area contributed by atoms with Gasteiger partial charge in [0.15, 0.2) is 0 Å². The molecule has 6 heteroatoms. The lowest BCUT2D eigenvalue weighted by Gasteiger charge is -2.27. The van der Waals surface area contributed by atoms with Crippen molar-refractivity contribution in [2.24, 2.45) is 0 Å². The number of ether oxygens (including phenoxy) is 1. The van der Waals surface area contributed by atoms with Crippen LogP contribution >= 0.6 is 11.3 Å². The summed E-state index contributed by atoms with van der Waals surface area (Å²) in [5.41, 5.74) is 0.0419. The summed E-state index contributed by atoms with van der Waals surface area (Å²) in [7, 11) is 1.56. The number of hydrogen-bond acceptors (Lipinski definition) is 5. The number of thiazole rings is 1. The Bertz CT molecular complexity index is 503. The molecule has 1 saturated carbocycles. The van der Waals surface area contributed by atoms with Crippen LogP contribution in [-0.4, -0.2) is 34.9 Å². The van der Waals surface area contributed by atoms with Gasteiger partial charge in [0.05, 0.1) is 10.7 Å². The van der Waals surface area contributed by atoms with E-state index in [0.717, 1.165) is 11.3 Å². The number of rotatable bonds is 4. The molecule has 1 amide bonds. The first-order valence-electron chi connectivity index (χ1n) is 6.68. The highest BCUT2D eigenvalue weighted by Crippen LogP contribution is 2.42.